The zero-order valence-corrected chi connectivity index (χ0v) is 20.7. The number of fused-ring (bicyclic) bond motifs is 2. The SMILES string of the molecule is CN1CCN(c2ccc(Nc3cc4c(ccn4S(=O)(=O)c4cccc5cccnc45)cn3)cc2)CC1. The van der Waals surface area contributed by atoms with E-state index in [0.29, 0.717) is 16.9 Å². The number of anilines is 3. The average molecular weight is 499 g/mol. The summed E-state index contributed by atoms with van der Waals surface area (Å²) in [7, 11) is -1.72. The van der Waals surface area contributed by atoms with Crippen molar-refractivity contribution >= 4 is 49.0 Å². The number of benzene rings is 2. The summed E-state index contributed by atoms with van der Waals surface area (Å²) in [6, 6.07) is 20.6. The number of pyridine rings is 2. The number of hydrogen-bond acceptors (Lipinski definition) is 7. The Balaban J connectivity index is 1.30. The van der Waals surface area contributed by atoms with E-state index < -0.39 is 10.0 Å². The Kier molecular flexibility index (Phi) is 5.58. The highest BCUT2D eigenvalue weighted by Crippen LogP contribution is 2.28. The van der Waals surface area contributed by atoms with Gasteiger partial charge in [0.1, 0.15) is 10.7 Å². The Labute approximate surface area is 209 Å². The van der Waals surface area contributed by atoms with Crippen LogP contribution >= 0.6 is 0 Å². The highest BCUT2D eigenvalue weighted by Gasteiger charge is 2.22. The van der Waals surface area contributed by atoms with Gasteiger partial charge in [-0.1, -0.05) is 18.2 Å². The van der Waals surface area contributed by atoms with E-state index in [-0.39, 0.29) is 4.90 Å². The van der Waals surface area contributed by atoms with Crippen LogP contribution in [0.3, 0.4) is 0 Å². The van der Waals surface area contributed by atoms with Gasteiger partial charge in [-0.05, 0) is 49.5 Å². The molecule has 1 saturated heterocycles. The van der Waals surface area contributed by atoms with Crippen LogP contribution in [0, 0.1) is 0 Å². The monoisotopic (exact) mass is 498 g/mol. The number of piperazine rings is 1. The van der Waals surface area contributed by atoms with Crippen molar-refractivity contribution in [1.29, 1.82) is 0 Å². The molecule has 1 fully saturated rings. The largest absolute Gasteiger partial charge is 0.369 e. The van der Waals surface area contributed by atoms with Gasteiger partial charge in [-0.25, -0.2) is 17.4 Å². The summed E-state index contributed by atoms with van der Waals surface area (Å²) in [5.41, 5.74) is 3.09. The first-order valence-corrected chi connectivity index (χ1v) is 13.3. The standard InChI is InChI=1S/C27H26N6O2S/c1-31-14-16-32(17-15-31)23-9-7-22(8-10-23)30-26-18-24-21(19-29-26)11-13-33(24)36(34,35)25-6-2-4-20-5-3-12-28-27(20)25/h2-13,18-19H,14-17H2,1H3,(H,29,30). The summed E-state index contributed by atoms with van der Waals surface area (Å²) in [5.74, 6) is 0.570. The van der Waals surface area contributed by atoms with Crippen LogP contribution in [0.4, 0.5) is 17.2 Å². The lowest BCUT2D eigenvalue weighted by Gasteiger charge is -2.34. The molecule has 3 aromatic heterocycles. The molecule has 36 heavy (non-hydrogen) atoms. The van der Waals surface area contributed by atoms with Crippen LogP contribution < -0.4 is 10.2 Å². The summed E-state index contributed by atoms with van der Waals surface area (Å²) in [6.07, 6.45) is 4.86. The van der Waals surface area contributed by atoms with Crippen LogP contribution in [0.15, 0.2) is 90.2 Å². The molecule has 0 spiro atoms. The van der Waals surface area contributed by atoms with Crippen molar-refractivity contribution in [2.45, 2.75) is 4.90 Å². The third kappa shape index (κ3) is 4.06. The molecule has 2 aromatic carbocycles. The van der Waals surface area contributed by atoms with Gasteiger partial charge in [-0.3, -0.25) is 4.98 Å². The third-order valence-corrected chi connectivity index (χ3v) is 8.40. The van der Waals surface area contributed by atoms with E-state index >= 15 is 0 Å². The van der Waals surface area contributed by atoms with Crippen LogP contribution in [0.25, 0.3) is 21.8 Å². The first kappa shape index (κ1) is 22.5. The second-order valence-corrected chi connectivity index (χ2v) is 10.8. The van der Waals surface area contributed by atoms with Gasteiger partial charge in [0.25, 0.3) is 10.0 Å². The van der Waals surface area contributed by atoms with Crippen LogP contribution in [-0.4, -0.2) is 60.5 Å². The van der Waals surface area contributed by atoms with E-state index in [1.165, 1.54) is 9.66 Å². The number of likely N-dealkylation sites (N-methyl/N-ethyl adjacent to an activating group) is 1. The molecular formula is C27H26N6O2S. The van der Waals surface area contributed by atoms with E-state index in [9.17, 15) is 8.42 Å². The average Bonchev–Trinajstić information content (AvgIpc) is 3.33. The van der Waals surface area contributed by atoms with E-state index in [1.807, 2.05) is 24.3 Å². The zero-order valence-electron chi connectivity index (χ0n) is 19.9. The lowest BCUT2D eigenvalue weighted by atomic mass is 10.2. The molecule has 0 bridgehead atoms. The molecule has 1 aliphatic rings. The van der Waals surface area contributed by atoms with E-state index in [4.69, 9.17) is 0 Å². The number of nitrogens with zero attached hydrogens (tertiary/aromatic N) is 5. The zero-order chi connectivity index (χ0) is 24.7. The molecule has 0 unspecified atom stereocenters. The fraction of sp³-hybridized carbons (Fsp3) is 0.185. The first-order chi connectivity index (χ1) is 17.5. The maximum absolute atomic E-state index is 13.7. The summed E-state index contributed by atoms with van der Waals surface area (Å²) >= 11 is 0. The highest BCUT2D eigenvalue weighted by atomic mass is 32.2. The number of aromatic nitrogens is 3. The van der Waals surface area contributed by atoms with E-state index in [0.717, 1.165) is 42.6 Å². The minimum absolute atomic E-state index is 0.170. The van der Waals surface area contributed by atoms with Crippen LogP contribution in [-0.2, 0) is 10.0 Å². The highest BCUT2D eigenvalue weighted by molar-refractivity contribution is 7.90. The summed E-state index contributed by atoms with van der Waals surface area (Å²) in [6.45, 7) is 4.14. The lowest BCUT2D eigenvalue weighted by molar-refractivity contribution is 0.313. The van der Waals surface area contributed by atoms with Gasteiger partial charge in [0.2, 0.25) is 0 Å². The van der Waals surface area contributed by atoms with Crippen molar-refractivity contribution in [3.63, 3.8) is 0 Å². The maximum Gasteiger partial charge on any atom is 0.270 e. The minimum atomic E-state index is -3.87. The smallest absolute Gasteiger partial charge is 0.270 e. The van der Waals surface area contributed by atoms with Gasteiger partial charge in [-0.15, -0.1) is 0 Å². The van der Waals surface area contributed by atoms with Gasteiger partial charge in [-0.2, -0.15) is 0 Å². The fourth-order valence-electron chi connectivity index (χ4n) is 4.64. The minimum Gasteiger partial charge on any atom is -0.369 e. The first-order valence-electron chi connectivity index (χ1n) is 11.9. The molecular weight excluding hydrogens is 472 g/mol. The molecule has 1 N–H and O–H groups in total. The number of rotatable bonds is 5. The predicted molar refractivity (Wildman–Crippen MR) is 143 cm³/mol. The Morgan fingerprint density at radius 3 is 2.44 bits per heavy atom. The Hall–Kier alpha value is -3.95. The van der Waals surface area contributed by atoms with Crippen LogP contribution in [0.2, 0.25) is 0 Å². The molecule has 0 atom stereocenters. The molecule has 182 valence electrons. The second-order valence-electron chi connectivity index (χ2n) is 9.04. The van der Waals surface area contributed by atoms with Crippen molar-refractivity contribution in [1.82, 2.24) is 18.8 Å². The van der Waals surface area contributed by atoms with Crippen molar-refractivity contribution in [3.05, 3.63) is 85.3 Å². The van der Waals surface area contributed by atoms with Gasteiger partial charge in [0, 0.05) is 73.0 Å². The fourth-order valence-corrected chi connectivity index (χ4v) is 6.15. The van der Waals surface area contributed by atoms with Crippen LogP contribution in [0.1, 0.15) is 0 Å². The lowest BCUT2D eigenvalue weighted by Crippen LogP contribution is -2.44. The van der Waals surface area contributed by atoms with Gasteiger partial charge in [0.15, 0.2) is 0 Å². The van der Waals surface area contributed by atoms with Gasteiger partial charge >= 0.3 is 0 Å². The second kappa shape index (κ2) is 8.92. The molecule has 9 heteroatoms. The van der Waals surface area contributed by atoms with Crippen molar-refractivity contribution in [2.24, 2.45) is 0 Å². The molecule has 0 amide bonds. The van der Waals surface area contributed by atoms with Gasteiger partial charge < -0.3 is 15.1 Å². The van der Waals surface area contributed by atoms with Crippen molar-refractivity contribution in [3.8, 4) is 0 Å². The summed E-state index contributed by atoms with van der Waals surface area (Å²) in [5, 5.41) is 4.83. The Bertz CT molecular complexity index is 1650. The maximum atomic E-state index is 13.7. The third-order valence-electron chi connectivity index (χ3n) is 6.68. The molecule has 0 aliphatic carbocycles. The number of nitrogens with one attached hydrogen (secondary N) is 1. The summed E-state index contributed by atoms with van der Waals surface area (Å²) < 4.78 is 28.7. The van der Waals surface area contributed by atoms with Crippen molar-refractivity contribution < 1.29 is 8.42 Å². The molecule has 0 radical (unpaired) electrons. The topological polar surface area (TPSA) is 83.4 Å². The van der Waals surface area contributed by atoms with E-state index in [1.54, 1.807) is 48.9 Å². The Morgan fingerprint density at radius 1 is 0.861 bits per heavy atom. The molecule has 8 nitrogen and oxygen atoms in total. The Morgan fingerprint density at radius 2 is 1.64 bits per heavy atom. The normalized spacial score (nSPS) is 15.0. The quantitative estimate of drug-likeness (QED) is 0.386. The number of hydrogen-bond donors (Lipinski definition) is 1. The molecule has 0 saturated carbocycles. The van der Waals surface area contributed by atoms with Gasteiger partial charge in [0.05, 0.1) is 11.0 Å². The van der Waals surface area contributed by atoms with Crippen LogP contribution in [0.5, 0.6) is 0 Å². The van der Waals surface area contributed by atoms with Crippen molar-refractivity contribution in [2.75, 3.05) is 43.4 Å². The predicted octanol–water partition coefficient (Wildman–Crippen LogP) is 4.32. The molecule has 4 heterocycles. The molecule has 1 aliphatic heterocycles. The summed E-state index contributed by atoms with van der Waals surface area (Å²) in [4.78, 5) is 13.7. The number of para-hydroxylation sites is 1. The van der Waals surface area contributed by atoms with E-state index in [2.05, 4.69) is 44.3 Å². The molecule has 5 aromatic rings. The molecule has 6 rings (SSSR count).